The number of piperidine rings is 1. The minimum atomic E-state index is -4.65. The first-order valence-corrected chi connectivity index (χ1v) is 9.20. The highest BCUT2D eigenvalue weighted by molar-refractivity contribution is 6.02. The third-order valence-electron chi connectivity index (χ3n) is 5.11. The van der Waals surface area contributed by atoms with Gasteiger partial charge in [-0.2, -0.15) is 13.2 Å². The minimum Gasteiger partial charge on any atom is -0.461 e. The van der Waals surface area contributed by atoms with Crippen LogP contribution in [0.3, 0.4) is 0 Å². The number of carbonyl (C=O) groups is 3. The second-order valence-corrected chi connectivity index (χ2v) is 7.08. The van der Waals surface area contributed by atoms with E-state index in [-0.39, 0.29) is 36.1 Å². The Morgan fingerprint density at radius 2 is 1.93 bits per heavy atom. The summed E-state index contributed by atoms with van der Waals surface area (Å²) in [5.74, 6) is -0.494. The van der Waals surface area contributed by atoms with Crippen LogP contribution in [0, 0.1) is 0 Å². The van der Waals surface area contributed by atoms with Crippen LogP contribution in [-0.2, 0) is 4.79 Å². The van der Waals surface area contributed by atoms with Gasteiger partial charge in [-0.3, -0.25) is 14.5 Å². The molecule has 0 atom stereocenters. The average Bonchev–Trinajstić information content (AvgIpc) is 3.44. The van der Waals surface area contributed by atoms with Crippen LogP contribution in [-0.4, -0.2) is 76.1 Å². The van der Waals surface area contributed by atoms with Crippen LogP contribution < -0.4 is 0 Å². The SMILES string of the molecule is O=C(c1cc(-c2ccco2)on1)N1CCC(N2CC(=O)N(CC(F)(F)F)C2=O)CC1. The number of rotatable bonds is 4. The zero-order chi connectivity index (χ0) is 21.5. The number of imide groups is 1. The van der Waals surface area contributed by atoms with Crippen LogP contribution in [0.25, 0.3) is 11.5 Å². The van der Waals surface area contributed by atoms with Gasteiger partial charge in [-0.15, -0.1) is 0 Å². The molecule has 2 aliphatic rings. The number of hydrogen-bond acceptors (Lipinski definition) is 6. The van der Waals surface area contributed by atoms with E-state index in [1.165, 1.54) is 17.2 Å². The Labute approximate surface area is 168 Å². The fraction of sp³-hybridized carbons (Fsp3) is 0.444. The van der Waals surface area contributed by atoms with E-state index in [0.717, 1.165) is 4.90 Å². The van der Waals surface area contributed by atoms with Gasteiger partial charge in [-0.25, -0.2) is 4.79 Å². The van der Waals surface area contributed by atoms with Crippen LogP contribution in [0.1, 0.15) is 23.3 Å². The first kappa shape index (κ1) is 20.0. The maximum atomic E-state index is 12.6. The summed E-state index contributed by atoms with van der Waals surface area (Å²) < 4.78 is 48.1. The normalized spacial score (nSPS) is 18.6. The molecule has 2 saturated heterocycles. The predicted octanol–water partition coefficient (Wildman–Crippen LogP) is 2.37. The zero-order valence-corrected chi connectivity index (χ0v) is 15.6. The Hall–Kier alpha value is -3.31. The van der Waals surface area contributed by atoms with Gasteiger partial charge in [0.05, 0.1) is 6.26 Å². The molecule has 0 aromatic carbocycles. The quantitative estimate of drug-likeness (QED) is 0.696. The molecule has 2 aromatic heterocycles. The Kier molecular flexibility index (Phi) is 5.00. The maximum absolute atomic E-state index is 12.6. The molecule has 0 aliphatic carbocycles. The van der Waals surface area contributed by atoms with Gasteiger partial charge >= 0.3 is 12.2 Å². The molecule has 0 unspecified atom stereocenters. The van der Waals surface area contributed by atoms with E-state index < -0.39 is 30.7 Å². The molecule has 0 N–H and O–H groups in total. The summed E-state index contributed by atoms with van der Waals surface area (Å²) in [6.45, 7) is -1.45. The summed E-state index contributed by atoms with van der Waals surface area (Å²) in [7, 11) is 0. The van der Waals surface area contributed by atoms with Crippen LogP contribution in [0.4, 0.5) is 18.0 Å². The van der Waals surface area contributed by atoms with E-state index >= 15 is 0 Å². The lowest BCUT2D eigenvalue weighted by atomic mass is 10.0. The van der Waals surface area contributed by atoms with Crippen molar-refractivity contribution in [3.63, 3.8) is 0 Å². The van der Waals surface area contributed by atoms with Crippen LogP contribution >= 0.6 is 0 Å². The maximum Gasteiger partial charge on any atom is 0.406 e. The first-order chi connectivity index (χ1) is 14.2. The number of urea groups is 1. The van der Waals surface area contributed by atoms with Gasteiger partial charge in [-0.05, 0) is 25.0 Å². The Morgan fingerprint density at radius 1 is 1.20 bits per heavy atom. The van der Waals surface area contributed by atoms with Crippen molar-refractivity contribution in [2.45, 2.75) is 25.1 Å². The second kappa shape index (κ2) is 7.50. The van der Waals surface area contributed by atoms with E-state index in [0.29, 0.717) is 24.4 Å². The summed E-state index contributed by atoms with van der Waals surface area (Å²) in [5, 5.41) is 3.76. The molecule has 12 heteroatoms. The number of nitrogens with zero attached hydrogens (tertiary/aromatic N) is 4. The van der Waals surface area contributed by atoms with Crippen molar-refractivity contribution < 1.29 is 36.5 Å². The third-order valence-corrected chi connectivity index (χ3v) is 5.11. The summed E-state index contributed by atoms with van der Waals surface area (Å²) in [6.07, 6.45) is -2.51. The van der Waals surface area contributed by atoms with Crippen LogP contribution in [0.2, 0.25) is 0 Å². The monoisotopic (exact) mass is 426 g/mol. The van der Waals surface area contributed by atoms with Gasteiger partial charge < -0.3 is 18.7 Å². The van der Waals surface area contributed by atoms with Gasteiger partial charge in [-0.1, -0.05) is 5.16 Å². The number of hydrogen-bond donors (Lipinski definition) is 0. The molecule has 9 nitrogen and oxygen atoms in total. The highest BCUT2D eigenvalue weighted by Gasteiger charge is 2.45. The van der Waals surface area contributed by atoms with Crippen LogP contribution in [0.5, 0.6) is 0 Å². The molecule has 2 fully saturated rings. The molecule has 0 saturated carbocycles. The van der Waals surface area contributed by atoms with Crippen molar-refractivity contribution in [3.8, 4) is 11.5 Å². The molecule has 2 aromatic rings. The molecule has 2 aliphatic heterocycles. The largest absolute Gasteiger partial charge is 0.461 e. The Morgan fingerprint density at radius 3 is 2.57 bits per heavy atom. The summed E-state index contributed by atoms with van der Waals surface area (Å²) >= 11 is 0. The highest BCUT2D eigenvalue weighted by Crippen LogP contribution is 2.26. The van der Waals surface area contributed by atoms with Crippen molar-refractivity contribution in [2.24, 2.45) is 0 Å². The number of halogens is 3. The molecule has 4 amide bonds. The molecule has 30 heavy (non-hydrogen) atoms. The predicted molar refractivity (Wildman–Crippen MR) is 93.0 cm³/mol. The standard InChI is InChI=1S/C18H17F3N4O5/c19-18(20,21)10-25-15(26)9-24(17(25)28)11-3-5-23(6-4-11)16(27)12-8-14(30-22-12)13-2-1-7-29-13/h1-2,7-8,11H,3-6,9-10H2. The minimum absolute atomic E-state index is 0.101. The van der Waals surface area contributed by atoms with Gasteiger partial charge in [0.1, 0.15) is 13.1 Å². The first-order valence-electron chi connectivity index (χ1n) is 9.20. The zero-order valence-electron chi connectivity index (χ0n) is 15.6. The topological polar surface area (TPSA) is 100 Å². The lowest BCUT2D eigenvalue weighted by Crippen LogP contribution is -2.48. The molecule has 4 rings (SSSR count). The van der Waals surface area contributed by atoms with Crippen molar-refractivity contribution in [1.82, 2.24) is 19.9 Å². The van der Waals surface area contributed by atoms with E-state index in [1.54, 1.807) is 12.1 Å². The molecule has 0 spiro atoms. The fourth-order valence-corrected chi connectivity index (χ4v) is 3.63. The summed E-state index contributed by atoms with van der Waals surface area (Å²) in [5.41, 5.74) is 0.101. The Bertz CT molecular complexity index is 947. The van der Waals surface area contributed by atoms with E-state index in [4.69, 9.17) is 8.94 Å². The number of aromatic nitrogens is 1. The summed E-state index contributed by atoms with van der Waals surface area (Å²) in [4.78, 5) is 39.7. The van der Waals surface area contributed by atoms with E-state index in [2.05, 4.69) is 5.16 Å². The van der Waals surface area contributed by atoms with Crippen molar-refractivity contribution in [2.75, 3.05) is 26.2 Å². The third kappa shape index (κ3) is 3.89. The highest BCUT2D eigenvalue weighted by atomic mass is 19.4. The second-order valence-electron chi connectivity index (χ2n) is 7.08. The van der Waals surface area contributed by atoms with E-state index in [9.17, 15) is 27.6 Å². The number of amides is 4. The summed E-state index contributed by atoms with van der Waals surface area (Å²) in [6, 6.07) is 3.44. The number of furan rings is 1. The lowest BCUT2D eigenvalue weighted by Gasteiger charge is -2.35. The molecular weight excluding hydrogens is 409 g/mol. The van der Waals surface area contributed by atoms with Crippen LogP contribution in [0.15, 0.2) is 33.4 Å². The molecular formula is C18H17F3N4O5. The molecule has 4 heterocycles. The van der Waals surface area contributed by atoms with Crippen molar-refractivity contribution >= 4 is 17.8 Å². The van der Waals surface area contributed by atoms with Gasteiger partial charge in [0.15, 0.2) is 11.5 Å². The number of likely N-dealkylation sites (tertiary alicyclic amines) is 1. The number of alkyl halides is 3. The smallest absolute Gasteiger partial charge is 0.406 e. The van der Waals surface area contributed by atoms with E-state index in [1.807, 2.05) is 0 Å². The van der Waals surface area contributed by atoms with Gasteiger partial charge in [0.2, 0.25) is 5.76 Å². The Balaban J connectivity index is 1.35. The van der Waals surface area contributed by atoms with Crippen molar-refractivity contribution in [3.05, 3.63) is 30.2 Å². The average molecular weight is 426 g/mol. The number of carbonyl (C=O) groups excluding carboxylic acids is 3. The van der Waals surface area contributed by atoms with Crippen molar-refractivity contribution in [1.29, 1.82) is 0 Å². The molecule has 160 valence electrons. The fourth-order valence-electron chi connectivity index (χ4n) is 3.63. The molecule has 0 radical (unpaired) electrons. The molecule has 0 bridgehead atoms. The van der Waals surface area contributed by atoms with Gasteiger partial charge in [0, 0.05) is 25.2 Å². The lowest BCUT2D eigenvalue weighted by molar-refractivity contribution is -0.151. The van der Waals surface area contributed by atoms with Gasteiger partial charge in [0.25, 0.3) is 11.8 Å².